The van der Waals surface area contributed by atoms with Gasteiger partial charge in [0.15, 0.2) is 5.75 Å². The summed E-state index contributed by atoms with van der Waals surface area (Å²) in [6.45, 7) is 6.09. The zero-order valence-corrected chi connectivity index (χ0v) is 16.0. The van der Waals surface area contributed by atoms with Gasteiger partial charge in [-0.25, -0.2) is 9.59 Å². The minimum Gasteiger partial charge on any atom is -0.494 e. The van der Waals surface area contributed by atoms with Gasteiger partial charge in [-0.2, -0.15) is 0 Å². The molecule has 1 aromatic carbocycles. The molecule has 1 aliphatic heterocycles. The van der Waals surface area contributed by atoms with Crippen LogP contribution in [0.1, 0.15) is 55.6 Å². The van der Waals surface area contributed by atoms with Gasteiger partial charge in [0.25, 0.3) is 0 Å². The number of methoxy groups -OCH3 is 2. The molecule has 6 nitrogen and oxygen atoms in total. The van der Waals surface area contributed by atoms with E-state index in [1.165, 1.54) is 14.2 Å². The normalized spacial score (nSPS) is 17.4. The second kappa shape index (κ2) is 7.52. The summed E-state index contributed by atoms with van der Waals surface area (Å²) >= 11 is 6.49. The first-order valence-corrected chi connectivity index (χ1v) is 8.51. The molecule has 1 heterocycles. The molecule has 0 radical (unpaired) electrons. The number of hydrogen-bond donors (Lipinski definition) is 0. The second-order valence-electron chi connectivity index (χ2n) is 6.87. The van der Waals surface area contributed by atoms with Crippen LogP contribution in [0.4, 0.5) is 4.79 Å². The predicted octanol–water partition coefficient (Wildman–Crippen LogP) is 4.21. The fourth-order valence-corrected chi connectivity index (χ4v) is 3.30. The number of benzene rings is 1. The zero-order chi connectivity index (χ0) is 18.8. The molecule has 1 unspecified atom stereocenters. The Morgan fingerprint density at radius 1 is 1.24 bits per heavy atom. The SMILES string of the molecule is COC(=O)c1ccc(C2CCCN2C(=O)OC(C)(C)C)c(Cl)c1OC. The van der Waals surface area contributed by atoms with Crippen molar-refractivity contribution < 1.29 is 23.8 Å². The van der Waals surface area contributed by atoms with Crippen molar-refractivity contribution in [3.05, 3.63) is 28.3 Å². The van der Waals surface area contributed by atoms with Crippen molar-refractivity contribution in [3.63, 3.8) is 0 Å². The summed E-state index contributed by atoms with van der Waals surface area (Å²) in [6, 6.07) is 3.13. The molecule has 1 aromatic rings. The van der Waals surface area contributed by atoms with Gasteiger partial charge in [0.2, 0.25) is 0 Å². The van der Waals surface area contributed by atoms with Gasteiger partial charge in [0.05, 0.1) is 25.3 Å². The fourth-order valence-electron chi connectivity index (χ4n) is 2.93. The molecule has 1 atom stereocenters. The van der Waals surface area contributed by atoms with Crippen LogP contribution in [0.2, 0.25) is 5.02 Å². The quantitative estimate of drug-likeness (QED) is 0.747. The van der Waals surface area contributed by atoms with Crippen molar-refractivity contribution in [1.29, 1.82) is 0 Å². The molecule has 1 saturated heterocycles. The number of halogens is 1. The van der Waals surface area contributed by atoms with E-state index in [-0.39, 0.29) is 23.4 Å². The van der Waals surface area contributed by atoms with Gasteiger partial charge >= 0.3 is 12.1 Å². The predicted molar refractivity (Wildman–Crippen MR) is 94.3 cm³/mol. The molecule has 0 aromatic heterocycles. The number of esters is 1. The Morgan fingerprint density at radius 3 is 2.48 bits per heavy atom. The molecule has 0 aliphatic carbocycles. The lowest BCUT2D eigenvalue weighted by molar-refractivity contribution is 0.0224. The maximum Gasteiger partial charge on any atom is 0.410 e. The minimum absolute atomic E-state index is 0.219. The van der Waals surface area contributed by atoms with E-state index in [0.29, 0.717) is 11.6 Å². The highest BCUT2D eigenvalue weighted by molar-refractivity contribution is 6.33. The van der Waals surface area contributed by atoms with Crippen molar-refractivity contribution in [1.82, 2.24) is 4.90 Å². The molecule has 1 aliphatic rings. The lowest BCUT2D eigenvalue weighted by atomic mass is 10.0. The fraction of sp³-hybridized carbons (Fsp3) is 0.556. The van der Waals surface area contributed by atoms with Crippen molar-refractivity contribution in [3.8, 4) is 5.75 Å². The summed E-state index contributed by atoms with van der Waals surface area (Å²) in [5.41, 5.74) is 0.413. The molecule has 1 amide bonds. The Balaban J connectivity index is 2.37. The van der Waals surface area contributed by atoms with Gasteiger partial charge in [0.1, 0.15) is 11.2 Å². The van der Waals surface area contributed by atoms with Gasteiger partial charge in [-0.05, 0) is 45.2 Å². The molecule has 2 rings (SSSR count). The largest absolute Gasteiger partial charge is 0.494 e. The number of rotatable bonds is 3. The van der Waals surface area contributed by atoms with E-state index in [1.807, 2.05) is 20.8 Å². The van der Waals surface area contributed by atoms with Gasteiger partial charge in [-0.1, -0.05) is 17.7 Å². The number of carbonyl (C=O) groups is 2. The van der Waals surface area contributed by atoms with E-state index in [9.17, 15) is 9.59 Å². The maximum atomic E-state index is 12.5. The molecule has 0 N–H and O–H groups in total. The summed E-state index contributed by atoms with van der Waals surface area (Å²) in [7, 11) is 2.74. The molecule has 0 bridgehead atoms. The molecule has 1 fully saturated rings. The smallest absolute Gasteiger partial charge is 0.410 e. The molecule has 0 spiro atoms. The zero-order valence-electron chi connectivity index (χ0n) is 15.2. The first kappa shape index (κ1) is 19.4. The third kappa shape index (κ3) is 4.18. The number of amides is 1. The highest BCUT2D eigenvalue weighted by Crippen LogP contribution is 2.41. The van der Waals surface area contributed by atoms with Crippen molar-refractivity contribution in [2.45, 2.75) is 45.3 Å². The van der Waals surface area contributed by atoms with Crippen LogP contribution in [0, 0.1) is 0 Å². The average molecular weight is 370 g/mol. The van der Waals surface area contributed by atoms with Crippen LogP contribution >= 0.6 is 11.6 Å². The van der Waals surface area contributed by atoms with Crippen LogP contribution < -0.4 is 4.74 Å². The monoisotopic (exact) mass is 369 g/mol. The number of ether oxygens (including phenoxy) is 3. The Labute approximate surface area is 153 Å². The second-order valence-corrected chi connectivity index (χ2v) is 7.25. The van der Waals surface area contributed by atoms with Crippen molar-refractivity contribution in [2.75, 3.05) is 20.8 Å². The molecular weight excluding hydrogens is 346 g/mol. The van der Waals surface area contributed by atoms with Crippen LogP contribution in [0.5, 0.6) is 5.75 Å². The maximum absolute atomic E-state index is 12.5. The Bertz CT molecular complexity index is 668. The van der Waals surface area contributed by atoms with E-state index in [2.05, 4.69) is 0 Å². The van der Waals surface area contributed by atoms with E-state index in [1.54, 1.807) is 17.0 Å². The summed E-state index contributed by atoms with van der Waals surface area (Å²) in [4.78, 5) is 26.0. The number of nitrogens with zero attached hydrogens (tertiary/aromatic N) is 1. The van der Waals surface area contributed by atoms with Gasteiger partial charge in [0, 0.05) is 6.54 Å². The van der Waals surface area contributed by atoms with Gasteiger partial charge in [-0.15, -0.1) is 0 Å². The lowest BCUT2D eigenvalue weighted by Gasteiger charge is -2.29. The summed E-state index contributed by atoms with van der Waals surface area (Å²) in [5.74, 6) is -0.275. The highest BCUT2D eigenvalue weighted by atomic mass is 35.5. The highest BCUT2D eigenvalue weighted by Gasteiger charge is 2.35. The van der Waals surface area contributed by atoms with E-state index >= 15 is 0 Å². The number of carbonyl (C=O) groups excluding carboxylic acids is 2. The van der Waals surface area contributed by atoms with Crippen LogP contribution in [-0.4, -0.2) is 43.3 Å². The van der Waals surface area contributed by atoms with Crippen LogP contribution in [0.25, 0.3) is 0 Å². The summed E-state index contributed by atoms with van der Waals surface area (Å²) < 4.78 is 15.5. The molecule has 0 saturated carbocycles. The summed E-state index contributed by atoms with van der Waals surface area (Å²) in [6.07, 6.45) is 1.24. The average Bonchev–Trinajstić information content (AvgIpc) is 3.01. The van der Waals surface area contributed by atoms with Gasteiger partial charge in [-0.3, -0.25) is 0 Å². The summed E-state index contributed by atoms with van der Waals surface area (Å²) in [5, 5.41) is 0.311. The third-order valence-corrected chi connectivity index (χ3v) is 4.37. The third-order valence-electron chi connectivity index (χ3n) is 3.98. The Morgan fingerprint density at radius 2 is 1.92 bits per heavy atom. The van der Waals surface area contributed by atoms with Gasteiger partial charge < -0.3 is 19.1 Å². The van der Waals surface area contributed by atoms with Crippen molar-refractivity contribution in [2.24, 2.45) is 0 Å². The van der Waals surface area contributed by atoms with Crippen LogP contribution in [0.3, 0.4) is 0 Å². The molecular formula is C18H24ClNO5. The standard InChI is InChI=1S/C18H24ClNO5/c1-18(2,3)25-17(22)20-10-6-7-13(20)11-8-9-12(16(21)24-5)15(23-4)14(11)19/h8-9,13H,6-7,10H2,1-5H3. The molecule has 7 heteroatoms. The van der Waals surface area contributed by atoms with Crippen molar-refractivity contribution >= 4 is 23.7 Å². The topological polar surface area (TPSA) is 65.1 Å². The number of hydrogen-bond acceptors (Lipinski definition) is 5. The first-order valence-electron chi connectivity index (χ1n) is 8.14. The number of likely N-dealkylation sites (tertiary alicyclic amines) is 1. The minimum atomic E-state index is -0.569. The van der Waals surface area contributed by atoms with Crippen LogP contribution in [-0.2, 0) is 9.47 Å². The Hall–Kier alpha value is -1.95. The molecule has 138 valence electrons. The first-order chi connectivity index (χ1) is 11.7. The van der Waals surface area contributed by atoms with E-state index in [4.69, 9.17) is 25.8 Å². The lowest BCUT2D eigenvalue weighted by Crippen LogP contribution is -2.36. The van der Waals surface area contributed by atoms with E-state index < -0.39 is 11.6 Å². The van der Waals surface area contributed by atoms with E-state index in [0.717, 1.165) is 18.4 Å². The molecule has 25 heavy (non-hydrogen) atoms. The Kier molecular flexibility index (Phi) is 5.83. The van der Waals surface area contributed by atoms with Crippen LogP contribution in [0.15, 0.2) is 12.1 Å².